The molecular formula is C68H71N3O2. The molecule has 5 nitrogen and oxygen atoms in total. The van der Waals surface area contributed by atoms with Gasteiger partial charge in [-0.25, -0.2) is 9.97 Å². The maximum Gasteiger partial charge on any atom is 0.149 e. The summed E-state index contributed by atoms with van der Waals surface area (Å²) in [6.07, 6.45) is 0. The number of fused-ring (bicyclic) bond motifs is 4. The fraction of sp³-hybridized carbons (Fsp3) is 0.294. The lowest BCUT2D eigenvalue weighted by Crippen LogP contribution is -2.17. The first-order valence-electron chi connectivity index (χ1n) is 26.4. The molecule has 10 aromatic rings. The highest BCUT2D eigenvalue weighted by Crippen LogP contribution is 2.48. The number of para-hydroxylation sites is 3. The largest absolute Gasteiger partial charge is 0.507 e. The maximum absolute atomic E-state index is 12.7. The Kier molecular flexibility index (Phi) is 12.6. The molecule has 0 saturated heterocycles. The van der Waals surface area contributed by atoms with Crippen LogP contribution in [0, 0.1) is 0 Å². The molecule has 7 aromatic carbocycles. The number of phenols is 1. The lowest BCUT2D eigenvalue weighted by molar-refractivity contribution is 0.446. The third-order valence-corrected chi connectivity index (χ3v) is 14.9. The van der Waals surface area contributed by atoms with Crippen LogP contribution in [0.15, 0.2) is 150 Å². The summed E-state index contributed by atoms with van der Waals surface area (Å²) >= 11 is 0. The van der Waals surface area contributed by atoms with Crippen molar-refractivity contribution >= 4 is 33.0 Å². The highest BCUT2D eigenvalue weighted by atomic mass is 16.3. The Bertz CT molecular complexity index is 3660. The van der Waals surface area contributed by atoms with Crippen LogP contribution in [0.25, 0.3) is 94.8 Å². The standard InChI is InChI=1S/C68H71N3O2/c1-39(2)48-25-20-26-49(40(3)4)64(48)71-59-28-21-27-52(63(59)70-66(71)55-37-47(67(9,10)11)38-56(65(55)72)68(12,13)14)58-35-46(34-57(69-58)43-22-16-15-17-23-43)62-53(41(5)6)32-45(33-54(62)42(7)8)44-30-31-51-50-24-18-19-29-60(50)73-61(51)36-44/h15-42,72H,1-14H3. The molecule has 5 heteroatoms. The van der Waals surface area contributed by atoms with E-state index in [4.69, 9.17) is 14.4 Å². The number of imidazole rings is 1. The number of furan rings is 1. The molecule has 0 bridgehead atoms. The average Bonchev–Trinajstić information content (AvgIpc) is 3.93. The van der Waals surface area contributed by atoms with Gasteiger partial charge in [0.1, 0.15) is 22.7 Å². The number of aromatic hydroxyl groups is 1. The van der Waals surface area contributed by atoms with Crippen LogP contribution in [0.1, 0.15) is 154 Å². The molecule has 73 heavy (non-hydrogen) atoms. The third-order valence-electron chi connectivity index (χ3n) is 14.9. The molecule has 0 atom stereocenters. The van der Waals surface area contributed by atoms with E-state index in [1.54, 1.807) is 0 Å². The van der Waals surface area contributed by atoms with Crippen molar-refractivity contribution in [2.24, 2.45) is 0 Å². The number of nitrogens with zero attached hydrogens (tertiary/aromatic N) is 3. The zero-order chi connectivity index (χ0) is 51.8. The topological polar surface area (TPSA) is 64.1 Å². The van der Waals surface area contributed by atoms with Gasteiger partial charge < -0.3 is 9.52 Å². The number of hydrogen-bond acceptors (Lipinski definition) is 4. The van der Waals surface area contributed by atoms with Crippen LogP contribution < -0.4 is 0 Å². The number of benzene rings is 7. The van der Waals surface area contributed by atoms with Crippen molar-refractivity contribution in [3.05, 3.63) is 179 Å². The molecule has 3 heterocycles. The summed E-state index contributed by atoms with van der Waals surface area (Å²) in [5.41, 5.74) is 20.4. The van der Waals surface area contributed by atoms with E-state index in [1.807, 2.05) is 12.1 Å². The minimum absolute atomic E-state index is 0.189. The molecule has 0 aliphatic heterocycles. The van der Waals surface area contributed by atoms with Crippen LogP contribution in [0.3, 0.4) is 0 Å². The average molecular weight is 962 g/mol. The molecule has 0 unspecified atom stereocenters. The van der Waals surface area contributed by atoms with Crippen LogP contribution in [-0.2, 0) is 10.8 Å². The Morgan fingerprint density at radius 3 is 1.70 bits per heavy atom. The van der Waals surface area contributed by atoms with Gasteiger partial charge in [0.25, 0.3) is 0 Å². The van der Waals surface area contributed by atoms with E-state index in [-0.39, 0.29) is 40.3 Å². The van der Waals surface area contributed by atoms with Gasteiger partial charge in [-0.2, -0.15) is 0 Å². The van der Waals surface area contributed by atoms with Gasteiger partial charge in [0.2, 0.25) is 0 Å². The minimum Gasteiger partial charge on any atom is -0.507 e. The summed E-state index contributed by atoms with van der Waals surface area (Å²) in [5.74, 6) is 1.85. The zero-order valence-corrected chi connectivity index (χ0v) is 45.4. The second-order valence-electron chi connectivity index (χ2n) is 23.6. The molecule has 1 N–H and O–H groups in total. The molecule has 370 valence electrons. The summed E-state index contributed by atoms with van der Waals surface area (Å²) in [5, 5.41) is 14.9. The van der Waals surface area contributed by atoms with E-state index in [0.29, 0.717) is 5.82 Å². The molecule has 0 aliphatic rings. The summed E-state index contributed by atoms with van der Waals surface area (Å²) in [4.78, 5) is 11.4. The molecular weight excluding hydrogens is 891 g/mol. The Labute approximate surface area is 433 Å². The van der Waals surface area contributed by atoms with E-state index in [9.17, 15) is 5.11 Å². The van der Waals surface area contributed by atoms with Gasteiger partial charge in [0.05, 0.1) is 33.7 Å². The minimum atomic E-state index is -0.330. The van der Waals surface area contributed by atoms with E-state index in [0.717, 1.165) is 89.0 Å². The van der Waals surface area contributed by atoms with Gasteiger partial charge in [-0.1, -0.05) is 200 Å². The molecule has 0 saturated carbocycles. The monoisotopic (exact) mass is 962 g/mol. The highest BCUT2D eigenvalue weighted by Gasteiger charge is 2.31. The Hall–Kier alpha value is -7.24. The van der Waals surface area contributed by atoms with Crippen LogP contribution >= 0.6 is 0 Å². The van der Waals surface area contributed by atoms with Crippen molar-refractivity contribution in [3.8, 4) is 67.6 Å². The number of phenolic OH excluding ortho intramolecular Hbond substituents is 1. The first kappa shape index (κ1) is 49.3. The van der Waals surface area contributed by atoms with E-state index in [1.165, 1.54) is 33.4 Å². The van der Waals surface area contributed by atoms with Crippen LogP contribution in [0.4, 0.5) is 0 Å². The van der Waals surface area contributed by atoms with Crippen molar-refractivity contribution < 1.29 is 9.52 Å². The van der Waals surface area contributed by atoms with Crippen LogP contribution in [-0.4, -0.2) is 19.6 Å². The zero-order valence-electron chi connectivity index (χ0n) is 45.4. The quantitative estimate of drug-likeness (QED) is 0.148. The predicted molar refractivity (Wildman–Crippen MR) is 309 cm³/mol. The second-order valence-corrected chi connectivity index (χ2v) is 23.6. The third kappa shape index (κ3) is 8.96. The van der Waals surface area contributed by atoms with E-state index in [2.05, 4.69) is 235 Å². The second kappa shape index (κ2) is 18.7. The smallest absolute Gasteiger partial charge is 0.149 e. The van der Waals surface area contributed by atoms with Crippen LogP contribution in [0.2, 0.25) is 0 Å². The summed E-state index contributed by atoms with van der Waals surface area (Å²) in [6.45, 7) is 31.6. The fourth-order valence-corrected chi connectivity index (χ4v) is 10.9. The molecule has 3 aromatic heterocycles. The molecule has 0 fully saturated rings. The van der Waals surface area contributed by atoms with Crippen LogP contribution in [0.5, 0.6) is 5.75 Å². The van der Waals surface area contributed by atoms with Crippen molar-refractivity contribution in [3.63, 3.8) is 0 Å². The Morgan fingerprint density at radius 2 is 1.07 bits per heavy atom. The predicted octanol–water partition coefficient (Wildman–Crippen LogP) is 19.4. The lowest BCUT2D eigenvalue weighted by atomic mass is 9.79. The fourth-order valence-electron chi connectivity index (χ4n) is 10.9. The van der Waals surface area contributed by atoms with Gasteiger partial charge in [-0.15, -0.1) is 0 Å². The van der Waals surface area contributed by atoms with Gasteiger partial charge in [0.15, 0.2) is 0 Å². The number of hydrogen-bond donors (Lipinski definition) is 1. The number of pyridine rings is 1. The molecule has 0 spiro atoms. The SMILES string of the molecule is CC(C)c1cc(-c2ccc3c(c2)oc2ccccc23)cc(C(C)C)c1-c1cc(-c2ccccc2)nc(-c2cccc3c2nc(-c2cc(C(C)(C)C)cc(C(C)(C)C)c2O)n3-c2c(C(C)C)cccc2C(C)C)c1. The Morgan fingerprint density at radius 1 is 0.466 bits per heavy atom. The lowest BCUT2D eigenvalue weighted by Gasteiger charge is -2.28. The van der Waals surface area contributed by atoms with E-state index < -0.39 is 0 Å². The number of rotatable bonds is 10. The summed E-state index contributed by atoms with van der Waals surface area (Å²) < 4.78 is 8.77. The Balaban J connectivity index is 1.27. The van der Waals surface area contributed by atoms with Gasteiger partial charge in [0, 0.05) is 27.5 Å². The summed E-state index contributed by atoms with van der Waals surface area (Å²) in [6, 6.07) is 52.5. The van der Waals surface area contributed by atoms with E-state index >= 15 is 0 Å². The molecule has 0 amide bonds. The van der Waals surface area contributed by atoms with Crippen molar-refractivity contribution in [1.29, 1.82) is 0 Å². The van der Waals surface area contributed by atoms with Crippen molar-refractivity contribution in [2.45, 2.75) is 131 Å². The normalized spacial score (nSPS) is 12.5. The van der Waals surface area contributed by atoms with Gasteiger partial charge in [-0.05, 0) is 127 Å². The molecule has 0 aliphatic carbocycles. The van der Waals surface area contributed by atoms with Gasteiger partial charge in [-0.3, -0.25) is 4.57 Å². The first-order valence-corrected chi connectivity index (χ1v) is 26.4. The first-order chi connectivity index (χ1) is 34.7. The molecule has 0 radical (unpaired) electrons. The van der Waals surface area contributed by atoms with Crippen molar-refractivity contribution in [2.75, 3.05) is 0 Å². The highest BCUT2D eigenvalue weighted by molar-refractivity contribution is 6.06. The van der Waals surface area contributed by atoms with Crippen molar-refractivity contribution in [1.82, 2.24) is 14.5 Å². The summed E-state index contributed by atoms with van der Waals surface area (Å²) in [7, 11) is 0. The maximum atomic E-state index is 12.7. The van der Waals surface area contributed by atoms with Gasteiger partial charge >= 0.3 is 0 Å². The molecule has 10 rings (SSSR count). The number of aromatic nitrogens is 3.